The number of nitrogens with zero attached hydrogens (tertiary/aromatic N) is 5. The van der Waals surface area contributed by atoms with Gasteiger partial charge in [0.1, 0.15) is 0 Å². The van der Waals surface area contributed by atoms with Crippen LogP contribution in [0.5, 0.6) is 0 Å². The molecule has 3 aromatic rings. The largest absolute Gasteiger partial charge is 0.436 e. The van der Waals surface area contributed by atoms with Gasteiger partial charge < -0.3 is 29.7 Å². The first-order valence-corrected chi connectivity index (χ1v) is 19.6. The maximum absolute atomic E-state index is 14.1. The number of hydrogen-bond donors (Lipinski definition) is 3. The first-order valence-electron chi connectivity index (χ1n) is 18.1. The Morgan fingerprint density at radius 2 is 1.61 bits per heavy atom. The Morgan fingerprint density at radius 1 is 0.941 bits per heavy atom. The number of aryl methyl sites for hydroxylation is 1. The van der Waals surface area contributed by atoms with Gasteiger partial charge in [-0.05, 0) is 92.5 Å². The van der Waals surface area contributed by atoms with Crippen molar-refractivity contribution in [2.24, 2.45) is 17.0 Å². The molecule has 0 spiro atoms. The second kappa shape index (κ2) is 14.8. The van der Waals surface area contributed by atoms with E-state index in [0.29, 0.717) is 70.5 Å². The van der Waals surface area contributed by atoms with Gasteiger partial charge >= 0.3 is 12.1 Å². The molecule has 7 rings (SSSR count). The number of nitrogens with two attached hydrogens (primary N) is 1. The van der Waals surface area contributed by atoms with Crippen molar-refractivity contribution in [2.75, 3.05) is 51.1 Å². The number of fused-ring (bicyclic) bond motifs is 2. The lowest BCUT2D eigenvalue weighted by molar-refractivity contribution is -0.142. The zero-order valence-corrected chi connectivity index (χ0v) is 29.9. The number of H-pyrrole nitrogens is 1. The molecule has 14 nitrogen and oxygen atoms in total. The van der Waals surface area contributed by atoms with E-state index in [2.05, 4.69) is 15.3 Å². The van der Waals surface area contributed by atoms with Crippen LogP contribution in [0.3, 0.4) is 0 Å². The zero-order valence-electron chi connectivity index (χ0n) is 29.1. The summed E-state index contributed by atoms with van der Waals surface area (Å²) in [6, 6.07) is 11.7. The lowest BCUT2D eigenvalue weighted by atomic mass is 9.79. The van der Waals surface area contributed by atoms with Crippen LogP contribution < -0.4 is 10.5 Å². The minimum atomic E-state index is -3.67. The van der Waals surface area contributed by atoms with Crippen LogP contribution in [0.15, 0.2) is 42.7 Å². The number of hydrogen-bond acceptors (Lipinski definition) is 7. The van der Waals surface area contributed by atoms with Gasteiger partial charge in [-0.2, -0.15) is 12.7 Å². The minimum absolute atomic E-state index is 0.00172. The lowest BCUT2D eigenvalue weighted by Gasteiger charge is -2.40. The van der Waals surface area contributed by atoms with Crippen LogP contribution >= 0.6 is 0 Å². The highest BCUT2D eigenvalue weighted by atomic mass is 32.2. The molecule has 3 saturated heterocycles. The number of aromatic amines is 1. The summed E-state index contributed by atoms with van der Waals surface area (Å²) in [4.78, 5) is 53.9. The Kier molecular flexibility index (Phi) is 10.2. The van der Waals surface area contributed by atoms with Crippen molar-refractivity contribution < 1.29 is 27.5 Å². The maximum Gasteiger partial charge on any atom is 0.410 e. The second-order valence-corrected chi connectivity index (χ2v) is 16.0. The second-order valence-electron chi connectivity index (χ2n) is 14.5. The Hall–Kier alpha value is -4.21. The number of carbonyl (C=O) groups is 3. The topological polar surface area (TPSA) is 174 Å². The van der Waals surface area contributed by atoms with E-state index < -0.39 is 22.4 Å². The summed E-state index contributed by atoms with van der Waals surface area (Å²) in [5.74, 6) is 0.574. The quantitative estimate of drug-likeness (QED) is 0.334. The average Bonchev–Trinajstić information content (AvgIpc) is 3.54. The number of imidazole rings is 1. The number of likely N-dealkylation sites (tertiary alicyclic amines) is 2. The monoisotopic (exact) mass is 720 g/mol. The predicted octanol–water partition coefficient (Wildman–Crippen LogP) is 3.63. The van der Waals surface area contributed by atoms with Crippen LogP contribution in [0.2, 0.25) is 0 Å². The Bertz CT molecular complexity index is 1860. The summed E-state index contributed by atoms with van der Waals surface area (Å²) in [6.07, 6.45) is 5.52. The van der Waals surface area contributed by atoms with Crippen LogP contribution in [0.25, 0.3) is 11.0 Å². The normalized spacial score (nSPS) is 20.9. The van der Waals surface area contributed by atoms with E-state index in [0.717, 1.165) is 65.5 Å². The fourth-order valence-electron chi connectivity index (χ4n) is 8.50. The minimum Gasteiger partial charge on any atom is -0.436 e. The van der Waals surface area contributed by atoms with E-state index >= 15 is 0 Å². The summed E-state index contributed by atoms with van der Waals surface area (Å²) >= 11 is 0. The van der Waals surface area contributed by atoms with E-state index in [-0.39, 0.29) is 24.4 Å². The standard InChI is InChI=1S/C36H48N8O6S/c1-24-20-25(21-31-33(24)39-23-38-31)22-32(34(45)41-13-6-26(7-14-41)27-8-17-43(18-9-27)51(37,48)49)50-36(47)42-15-11-29(12-16-42)44-19-10-28-4-2-3-5-30(28)40-35(44)46/h2-5,20-21,23,26-27,29,32H,6-19,22H2,1H3,(H,38,39)(H,40,46)(H2,37,48,49)/t32-/m1/s1. The van der Waals surface area contributed by atoms with Crippen LogP contribution in [0.1, 0.15) is 55.2 Å². The zero-order chi connectivity index (χ0) is 35.7. The molecule has 0 saturated carbocycles. The van der Waals surface area contributed by atoms with Gasteiger partial charge in [0.25, 0.3) is 16.1 Å². The van der Waals surface area contributed by atoms with E-state index in [9.17, 15) is 22.8 Å². The summed E-state index contributed by atoms with van der Waals surface area (Å²) in [5, 5.41) is 8.38. The molecular weight excluding hydrogens is 673 g/mol. The molecule has 4 aliphatic heterocycles. The summed E-state index contributed by atoms with van der Waals surface area (Å²) in [5.41, 5.74) is 5.52. The van der Waals surface area contributed by atoms with Crippen LogP contribution in [0.4, 0.5) is 15.3 Å². The molecule has 4 amide bonds. The van der Waals surface area contributed by atoms with Gasteiger partial charge in [-0.15, -0.1) is 0 Å². The van der Waals surface area contributed by atoms with Gasteiger partial charge in [-0.25, -0.2) is 19.7 Å². The Labute approximate surface area is 298 Å². The Balaban J connectivity index is 0.985. The molecule has 4 N–H and O–H groups in total. The molecule has 0 radical (unpaired) electrons. The first kappa shape index (κ1) is 35.2. The van der Waals surface area contributed by atoms with E-state index in [1.54, 1.807) is 11.2 Å². The first-order chi connectivity index (χ1) is 24.5. The van der Waals surface area contributed by atoms with Crippen molar-refractivity contribution in [2.45, 2.75) is 70.4 Å². The van der Waals surface area contributed by atoms with Crippen molar-refractivity contribution in [3.63, 3.8) is 0 Å². The number of rotatable bonds is 7. The number of carbonyl (C=O) groups excluding carboxylic acids is 3. The molecule has 1 atom stereocenters. The molecule has 1 aromatic heterocycles. The van der Waals surface area contributed by atoms with Gasteiger partial charge in [0.2, 0.25) is 0 Å². The summed E-state index contributed by atoms with van der Waals surface area (Å²) in [7, 11) is -3.67. The number of ether oxygens (including phenoxy) is 1. The highest BCUT2D eigenvalue weighted by molar-refractivity contribution is 7.86. The van der Waals surface area contributed by atoms with Crippen molar-refractivity contribution in [3.8, 4) is 0 Å². The number of urea groups is 1. The third-order valence-corrected chi connectivity index (χ3v) is 12.5. The molecule has 4 aliphatic rings. The summed E-state index contributed by atoms with van der Waals surface area (Å²) in [6.45, 7) is 5.40. The van der Waals surface area contributed by atoms with Gasteiger partial charge in [0.15, 0.2) is 6.10 Å². The van der Waals surface area contributed by atoms with Crippen molar-refractivity contribution in [1.29, 1.82) is 0 Å². The molecule has 2 aromatic carbocycles. The van der Waals surface area contributed by atoms with Crippen LogP contribution in [-0.2, 0) is 32.6 Å². The Morgan fingerprint density at radius 3 is 2.31 bits per heavy atom. The molecule has 0 aliphatic carbocycles. The highest BCUT2D eigenvalue weighted by Gasteiger charge is 2.37. The number of amides is 4. The number of anilines is 1. The molecule has 0 bridgehead atoms. The fourth-order valence-corrected chi connectivity index (χ4v) is 9.22. The molecule has 5 heterocycles. The van der Waals surface area contributed by atoms with Crippen LogP contribution in [0, 0.1) is 18.8 Å². The smallest absolute Gasteiger partial charge is 0.410 e. The van der Waals surface area contributed by atoms with E-state index in [1.165, 1.54) is 4.31 Å². The summed E-state index contributed by atoms with van der Waals surface area (Å²) < 4.78 is 31.0. The predicted molar refractivity (Wildman–Crippen MR) is 192 cm³/mol. The van der Waals surface area contributed by atoms with Gasteiger partial charge in [0.05, 0.1) is 17.4 Å². The lowest BCUT2D eigenvalue weighted by Crippen LogP contribution is -2.52. The van der Waals surface area contributed by atoms with Crippen LogP contribution in [-0.4, -0.2) is 113 Å². The number of aromatic nitrogens is 2. The number of para-hydroxylation sites is 1. The number of piperidine rings is 3. The number of nitrogens with one attached hydrogen (secondary N) is 2. The molecule has 0 unspecified atom stereocenters. The van der Waals surface area contributed by atoms with Gasteiger partial charge in [-0.1, -0.05) is 24.3 Å². The maximum atomic E-state index is 14.1. The molecule has 15 heteroatoms. The molecule has 274 valence electrons. The SMILES string of the molecule is Cc1cc(C[C@@H](OC(=O)N2CCC(N3CCc4ccccc4NC3=O)CC2)C(=O)N2CCC(C3CCN(S(N)(=O)=O)CC3)CC2)cc2[nH]cnc12. The third kappa shape index (κ3) is 7.85. The highest BCUT2D eigenvalue weighted by Crippen LogP contribution is 2.34. The van der Waals surface area contributed by atoms with Crippen molar-refractivity contribution in [1.82, 2.24) is 29.0 Å². The van der Waals surface area contributed by atoms with E-state index in [1.807, 2.05) is 53.1 Å². The van der Waals surface area contributed by atoms with Crippen molar-refractivity contribution >= 4 is 45.0 Å². The molecule has 3 fully saturated rings. The third-order valence-electron chi connectivity index (χ3n) is 11.4. The molecule has 51 heavy (non-hydrogen) atoms. The van der Waals surface area contributed by atoms with E-state index in [4.69, 9.17) is 9.88 Å². The number of benzene rings is 2. The fraction of sp³-hybridized carbons (Fsp3) is 0.556. The van der Waals surface area contributed by atoms with Gasteiger partial charge in [0, 0.05) is 64.0 Å². The average molecular weight is 721 g/mol. The van der Waals surface area contributed by atoms with Crippen molar-refractivity contribution in [3.05, 3.63) is 59.4 Å². The molecular formula is C36H48N8O6S. The van der Waals surface area contributed by atoms with Gasteiger partial charge in [-0.3, -0.25) is 4.79 Å².